The summed E-state index contributed by atoms with van der Waals surface area (Å²) in [6, 6.07) is 0. The highest BCUT2D eigenvalue weighted by Gasteiger charge is 2.21. The number of hydrogen-bond donors (Lipinski definition) is 2. The van der Waals surface area contributed by atoms with Crippen LogP contribution in [-0.2, 0) is 0 Å². The molecule has 1 rings (SSSR count). The van der Waals surface area contributed by atoms with Crippen LogP contribution in [0.2, 0.25) is 0 Å². The van der Waals surface area contributed by atoms with Gasteiger partial charge in [-0.15, -0.1) is 0 Å². The monoisotopic (exact) mass is 278 g/mol. The largest absolute Gasteiger partial charge is 0.395 e. The van der Waals surface area contributed by atoms with E-state index in [1.165, 1.54) is 18.1 Å². The van der Waals surface area contributed by atoms with E-state index in [1.54, 1.807) is 0 Å². The number of aromatic nitrogens is 2. The van der Waals surface area contributed by atoms with Gasteiger partial charge in [-0.2, -0.15) is 0 Å². The van der Waals surface area contributed by atoms with E-state index < -0.39 is 0 Å². The van der Waals surface area contributed by atoms with Crippen molar-refractivity contribution in [3.63, 3.8) is 0 Å². The standard InChI is InChI=1S/C8H11BrN2O2S/c1-8(2,3-12)14-7-5(9)6(13)10-4-11-7/h4,12H,3H2,1-2H3,(H,10,11,13). The molecule has 2 N–H and O–H groups in total. The fraction of sp³-hybridized carbons (Fsp3) is 0.500. The number of thioether (sulfide) groups is 1. The maximum atomic E-state index is 11.2. The van der Waals surface area contributed by atoms with Crippen LogP contribution in [0.1, 0.15) is 13.8 Å². The zero-order valence-electron chi connectivity index (χ0n) is 7.87. The summed E-state index contributed by atoms with van der Waals surface area (Å²) >= 11 is 4.51. The van der Waals surface area contributed by atoms with Crippen LogP contribution >= 0.6 is 27.7 Å². The molecule has 0 atom stereocenters. The molecule has 0 aliphatic carbocycles. The van der Waals surface area contributed by atoms with Gasteiger partial charge in [0.15, 0.2) is 0 Å². The first kappa shape index (κ1) is 11.7. The van der Waals surface area contributed by atoms with E-state index in [1.807, 2.05) is 13.8 Å². The molecular formula is C8H11BrN2O2S. The van der Waals surface area contributed by atoms with Crippen LogP contribution in [0.3, 0.4) is 0 Å². The van der Waals surface area contributed by atoms with Crippen LogP contribution in [0.25, 0.3) is 0 Å². The second kappa shape index (κ2) is 4.46. The molecule has 0 amide bonds. The van der Waals surface area contributed by atoms with E-state index in [-0.39, 0.29) is 16.9 Å². The Morgan fingerprint density at radius 2 is 2.36 bits per heavy atom. The minimum atomic E-state index is -0.344. The molecular weight excluding hydrogens is 268 g/mol. The lowest BCUT2D eigenvalue weighted by atomic mass is 10.2. The smallest absolute Gasteiger partial charge is 0.266 e. The molecule has 1 heterocycles. The lowest BCUT2D eigenvalue weighted by Crippen LogP contribution is -2.21. The topological polar surface area (TPSA) is 66.0 Å². The van der Waals surface area contributed by atoms with Crippen LogP contribution < -0.4 is 5.56 Å². The Bertz CT molecular complexity index is 378. The van der Waals surface area contributed by atoms with Gasteiger partial charge in [-0.25, -0.2) is 4.98 Å². The molecule has 1 aromatic heterocycles. The summed E-state index contributed by atoms with van der Waals surface area (Å²) in [4.78, 5) is 17.7. The van der Waals surface area contributed by atoms with Gasteiger partial charge < -0.3 is 10.1 Å². The molecule has 6 heteroatoms. The molecule has 0 spiro atoms. The lowest BCUT2D eigenvalue weighted by molar-refractivity contribution is 0.265. The molecule has 0 radical (unpaired) electrons. The number of aliphatic hydroxyl groups is 1. The lowest BCUT2D eigenvalue weighted by Gasteiger charge is -2.20. The van der Waals surface area contributed by atoms with Crippen LogP contribution in [0.15, 0.2) is 20.6 Å². The van der Waals surface area contributed by atoms with E-state index >= 15 is 0 Å². The fourth-order valence-electron chi connectivity index (χ4n) is 0.732. The zero-order valence-corrected chi connectivity index (χ0v) is 10.3. The van der Waals surface area contributed by atoms with Crippen molar-refractivity contribution in [2.45, 2.75) is 23.6 Å². The Morgan fingerprint density at radius 3 is 2.93 bits per heavy atom. The van der Waals surface area contributed by atoms with Crippen molar-refractivity contribution >= 4 is 27.7 Å². The SMILES string of the molecule is CC(C)(CO)Sc1nc[nH]c(=O)c1Br. The maximum Gasteiger partial charge on any atom is 0.266 e. The van der Waals surface area contributed by atoms with Crippen molar-refractivity contribution in [1.82, 2.24) is 9.97 Å². The van der Waals surface area contributed by atoms with Crippen molar-refractivity contribution in [2.24, 2.45) is 0 Å². The van der Waals surface area contributed by atoms with E-state index in [4.69, 9.17) is 5.11 Å². The number of halogens is 1. The van der Waals surface area contributed by atoms with Crippen LogP contribution in [0, 0.1) is 0 Å². The van der Waals surface area contributed by atoms with Crippen molar-refractivity contribution in [1.29, 1.82) is 0 Å². The first-order valence-corrected chi connectivity index (χ1v) is 5.60. The molecule has 0 aliphatic rings. The van der Waals surface area contributed by atoms with Crippen molar-refractivity contribution in [3.05, 3.63) is 21.2 Å². The van der Waals surface area contributed by atoms with Gasteiger partial charge in [0.2, 0.25) is 0 Å². The van der Waals surface area contributed by atoms with Gasteiger partial charge in [0, 0.05) is 4.75 Å². The first-order valence-electron chi connectivity index (χ1n) is 3.99. The Labute approximate surface area is 94.3 Å². The van der Waals surface area contributed by atoms with Crippen molar-refractivity contribution in [2.75, 3.05) is 6.61 Å². The van der Waals surface area contributed by atoms with Crippen molar-refractivity contribution < 1.29 is 5.11 Å². The second-order valence-electron chi connectivity index (χ2n) is 3.37. The molecule has 4 nitrogen and oxygen atoms in total. The Hall–Kier alpha value is -0.330. The molecule has 14 heavy (non-hydrogen) atoms. The molecule has 78 valence electrons. The average Bonchev–Trinajstić information content (AvgIpc) is 2.13. The highest BCUT2D eigenvalue weighted by Crippen LogP contribution is 2.33. The molecule has 0 saturated heterocycles. The number of H-pyrrole nitrogens is 1. The van der Waals surface area contributed by atoms with Gasteiger partial charge in [-0.3, -0.25) is 4.79 Å². The summed E-state index contributed by atoms with van der Waals surface area (Å²) in [6.07, 6.45) is 1.35. The minimum Gasteiger partial charge on any atom is -0.395 e. The Kier molecular flexibility index (Phi) is 3.74. The summed E-state index contributed by atoms with van der Waals surface area (Å²) < 4.78 is 0.0649. The summed E-state index contributed by atoms with van der Waals surface area (Å²) in [5.74, 6) is 0. The molecule has 0 fully saturated rings. The van der Waals surface area contributed by atoms with Gasteiger partial charge in [-0.1, -0.05) is 11.8 Å². The highest BCUT2D eigenvalue weighted by atomic mass is 79.9. The summed E-state index contributed by atoms with van der Waals surface area (Å²) in [5.41, 5.74) is -0.212. The predicted molar refractivity (Wildman–Crippen MR) is 59.6 cm³/mol. The zero-order chi connectivity index (χ0) is 10.8. The summed E-state index contributed by atoms with van der Waals surface area (Å²) in [7, 11) is 0. The molecule has 0 aliphatic heterocycles. The molecule has 0 bridgehead atoms. The molecule has 0 unspecified atom stereocenters. The molecule has 0 saturated carbocycles. The number of rotatable bonds is 3. The number of hydrogen-bond acceptors (Lipinski definition) is 4. The van der Waals surface area contributed by atoms with E-state index in [2.05, 4.69) is 25.9 Å². The first-order chi connectivity index (χ1) is 6.46. The summed E-state index contributed by atoms with van der Waals surface area (Å²) in [5, 5.41) is 9.66. The fourth-order valence-corrected chi connectivity index (χ4v) is 2.07. The van der Waals surface area contributed by atoms with E-state index in [0.717, 1.165) is 0 Å². The van der Waals surface area contributed by atoms with E-state index in [9.17, 15) is 4.79 Å². The Balaban J connectivity index is 2.98. The van der Waals surface area contributed by atoms with Gasteiger partial charge in [0.25, 0.3) is 5.56 Å². The third kappa shape index (κ3) is 2.83. The second-order valence-corrected chi connectivity index (χ2v) is 5.86. The third-order valence-electron chi connectivity index (χ3n) is 1.52. The van der Waals surface area contributed by atoms with Crippen LogP contribution in [0.5, 0.6) is 0 Å². The Morgan fingerprint density at radius 1 is 1.71 bits per heavy atom. The predicted octanol–water partition coefficient (Wildman–Crippen LogP) is 1.40. The minimum absolute atomic E-state index is 0.0264. The molecule has 0 aromatic carbocycles. The van der Waals surface area contributed by atoms with Crippen LogP contribution in [-0.4, -0.2) is 26.4 Å². The number of aromatic amines is 1. The van der Waals surface area contributed by atoms with Gasteiger partial charge in [-0.05, 0) is 29.8 Å². The maximum absolute atomic E-state index is 11.2. The highest BCUT2D eigenvalue weighted by molar-refractivity contribution is 9.10. The third-order valence-corrected chi connectivity index (χ3v) is 3.70. The average molecular weight is 279 g/mol. The van der Waals surface area contributed by atoms with Crippen molar-refractivity contribution in [3.8, 4) is 0 Å². The number of nitrogens with one attached hydrogen (secondary N) is 1. The number of nitrogens with zero attached hydrogens (tertiary/aromatic N) is 1. The van der Waals surface area contributed by atoms with Crippen LogP contribution in [0.4, 0.5) is 0 Å². The molecule has 1 aromatic rings. The summed E-state index contributed by atoms with van der Waals surface area (Å²) in [6.45, 7) is 3.79. The van der Waals surface area contributed by atoms with E-state index in [0.29, 0.717) is 9.50 Å². The quantitative estimate of drug-likeness (QED) is 0.648. The number of aliphatic hydroxyl groups excluding tert-OH is 1. The normalized spacial score (nSPS) is 11.7. The van der Waals surface area contributed by atoms with Gasteiger partial charge in [0.1, 0.15) is 9.50 Å². The van der Waals surface area contributed by atoms with Gasteiger partial charge >= 0.3 is 0 Å². The van der Waals surface area contributed by atoms with Gasteiger partial charge in [0.05, 0.1) is 12.9 Å².